The summed E-state index contributed by atoms with van der Waals surface area (Å²) in [5, 5.41) is 0.678. The Bertz CT molecular complexity index is 510. The van der Waals surface area contributed by atoms with Crippen LogP contribution in [-0.4, -0.2) is 6.61 Å². The second-order valence-electron chi connectivity index (χ2n) is 4.25. The molecule has 0 fully saturated rings. The molecular formula is C15H16ClNO. The molecule has 0 spiro atoms. The van der Waals surface area contributed by atoms with Gasteiger partial charge in [0.1, 0.15) is 12.4 Å². The summed E-state index contributed by atoms with van der Waals surface area (Å²) >= 11 is 6.09. The van der Waals surface area contributed by atoms with E-state index in [2.05, 4.69) is 0 Å². The van der Waals surface area contributed by atoms with Crippen LogP contribution in [0.25, 0.3) is 0 Å². The van der Waals surface area contributed by atoms with Crippen LogP contribution in [0.3, 0.4) is 0 Å². The van der Waals surface area contributed by atoms with E-state index in [-0.39, 0.29) is 6.04 Å². The molecular weight excluding hydrogens is 246 g/mol. The van der Waals surface area contributed by atoms with Crippen LogP contribution in [0.1, 0.15) is 17.2 Å². The predicted molar refractivity (Wildman–Crippen MR) is 75.1 cm³/mol. The van der Waals surface area contributed by atoms with Crippen molar-refractivity contribution in [3.8, 4) is 5.75 Å². The molecule has 3 heteroatoms. The van der Waals surface area contributed by atoms with Gasteiger partial charge in [0.15, 0.2) is 0 Å². The molecule has 0 aliphatic rings. The average molecular weight is 262 g/mol. The maximum atomic E-state index is 6.09. The Morgan fingerprint density at radius 1 is 1.11 bits per heavy atom. The van der Waals surface area contributed by atoms with E-state index < -0.39 is 0 Å². The van der Waals surface area contributed by atoms with Crippen LogP contribution in [0, 0.1) is 6.92 Å². The molecule has 0 saturated carbocycles. The maximum Gasteiger partial charge on any atom is 0.119 e. The van der Waals surface area contributed by atoms with Gasteiger partial charge < -0.3 is 10.5 Å². The zero-order valence-electron chi connectivity index (χ0n) is 10.3. The van der Waals surface area contributed by atoms with Crippen molar-refractivity contribution in [1.29, 1.82) is 0 Å². The van der Waals surface area contributed by atoms with Gasteiger partial charge in [-0.15, -0.1) is 0 Å². The molecule has 0 heterocycles. The maximum absolute atomic E-state index is 6.09. The molecule has 18 heavy (non-hydrogen) atoms. The number of halogens is 1. The first-order chi connectivity index (χ1) is 8.66. The molecule has 94 valence electrons. The third kappa shape index (κ3) is 3.25. The Labute approximate surface area is 112 Å². The topological polar surface area (TPSA) is 35.2 Å². The van der Waals surface area contributed by atoms with Gasteiger partial charge in [0.25, 0.3) is 0 Å². The molecule has 2 N–H and O–H groups in total. The van der Waals surface area contributed by atoms with Crippen molar-refractivity contribution < 1.29 is 4.74 Å². The predicted octanol–water partition coefficient (Wildman–Crippen LogP) is 3.73. The van der Waals surface area contributed by atoms with E-state index in [9.17, 15) is 0 Å². The van der Waals surface area contributed by atoms with Gasteiger partial charge in [0.05, 0.1) is 6.04 Å². The molecule has 0 bridgehead atoms. The molecule has 1 unspecified atom stereocenters. The van der Waals surface area contributed by atoms with Gasteiger partial charge >= 0.3 is 0 Å². The van der Waals surface area contributed by atoms with E-state index in [1.54, 1.807) is 0 Å². The molecule has 2 nitrogen and oxygen atoms in total. The highest BCUT2D eigenvalue weighted by molar-refractivity contribution is 6.31. The van der Waals surface area contributed by atoms with Crippen molar-refractivity contribution in [2.75, 3.05) is 6.61 Å². The summed E-state index contributed by atoms with van der Waals surface area (Å²) in [7, 11) is 0. The van der Waals surface area contributed by atoms with Crippen LogP contribution in [0.5, 0.6) is 5.75 Å². The van der Waals surface area contributed by atoms with Crippen molar-refractivity contribution in [3.05, 3.63) is 64.7 Å². The fourth-order valence-corrected chi connectivity index (χ4v) is 1.96. The largest absolute Gasteiger partial charge is 0.492 e. The molecule has 2 rings (SSSR count). The first kappa shape index (κ1) is 12.9. The fourth-order valence-electron chi connectivity index (χ4n) is 1.69. The van der Waals surface area contributed by atoms with Gasteiger partial charge in [-0.25, -0.2) is 0 Å². The molecule has 0 saturated heterocycles. The Balaban J connectivity index is 1.98. The van der Waals surface area contributed by atoms with Gasteiger partial charge in [-0.3, -0.25) is 0 Å². The Hall–Kier alpha value is -1.51. The van der Waals surface area contributed by atoms with E-state index in [0.717, 1.165) is 11.3 Å². The van der Waals surface area contributed by atoms with Crippen LogP contribution in [0.4, 0.5) is 0 Å². The lowest BCUT2D eigenvalue weighted by atomic mass is 10.1. The third-order valence-electron chi connectivity index (χ3n) is 2.76. The standard InChI is InChI=1S/C15H16ClNO/c1-11-6-8-12(9-7-11)18-10-15(17)13-4-2-3-5-14(13)16/h2-9,15H,10,17H2,1H3. The number of hydrogen-bond acceptors (Lipinski definition) is 2. The molecule has 0 aliphatic carbocycles. The van der Waals surface area contributed by atoms with E-state index in [0.29, 0.717) is 11.6 Å². The second-order valence-corrected chi connectivity index (χ2v) is 4.66. The number of rotatable bonds is 4. The molecule has 1 atom stereocenters. The molecule has 0 aliphatic heterocycles. The minimum absolute atomic E-state index is 0.222. The number of aryl methyl sites for hydroxylation is 1. The second kappa shape index (κ2) is 5.89. The Morgan fingerprint density at radius 2 is 1.78 bits per heavy atom. The van der Waals surface area contributed by atoms with Gasteiger partial charge in [-0.05, 0) is 30.7 Å². The van der Waals surface area contributed by atoms with Crippen LogP contribution >= 0.6 is 11.6 Å². The van der Waals surface area contributed by atoms with Gasteiger partial charge in [-0.2, -0.15) is 0 Å². The normalized spacial score (nSPS) is 12.2. The van der Waals surface area contributed by atoms with E-state index in [1.807, 2.05) is 55.5 Å². The van der Waals surface area contributed by atoms with Crippen molar-refractivity contribution >= 4 is 11.6 Å². The Kier molecular flexibility index (Phi) is 4.24. The highest BCUT2D eigenvalue weighted by Gasteiger charge is 2.10. The van der Waals surface area contributed by atoms with Crippen LogP contribution in [0.15, 0.2) is 48.5 Å². The van der Waals surface area contributed by atoms with Crippen molar-refractivity contribution in [3.63, 3.8) is 0 Å². The fraction of sp³-hybridized carbons (Fsp3) is 0.200. The van der Waals surface area contributed by atoms with Crippen molar-refractivity contribution in [1.82, 2.24) is 0 Å². The number of hydrogen-bond donors (Lipinski definition) is 1. The molecule has 2 aromatic rings. The summed E-state index contributed by atoms with van der Waals surface area (Å²) in [6, 6.07) is 15.2. The summed E-state index contributed by atoms with van der Waals surface area (Å²) in [5.41, 5.74) is 8.18. The molecule has 0 radical (unpaired) electrons. The number of nitrogens with two attached hydrogens (primary N) is 1. The van der Waals surface area contributed by atoms with Crippen LogP contribution in [0.2, 0.25) is 5.02 Å². The highest BCUT2D eigenvalue weighted by atomic mass is 35.5. The zero-order chi connectivity index (χ0) is 13.0. The summed E-state index contributed by atoms with van der Waals surface area (Å²) in [6.45, 7) is 2.45. The smallest absolute Gasteiger partial charge is 0.119 e. The first-order valence-corrected chi connectivity index (χ1v) is 6.24. The third-order valence-corrected chi connectivity index (χ3v) is 3.10. The lowest BCUT2D eigenvalue weighted by Gasteiger charge is -2.14. The minimum Gasteiger partial charge on any atom is -0.492 e. The quantitative estimate of drug-likeness (QED) is 0.910. The monoisotopic (exact) mass is 261 g/mol. The molecule has 0 aromatic heterocycles. The van der Waals surface area contributed by atoms with Gasteiger partial charge in [0, 0.05) is 5.02 Å². The summed E-state index contributed by atoms with van der Waals surface area (Å²) in [5.74, 6) is 0.822. The Morgan fingerprint density at radius 3 is 2.44 bits per heavy atom. The first-order valence-electron chi connectivity index (χ1n) is 5.86. The number of benzene rings is 2. The average Bonchev–Trinajstić information content (AvgIpc) is 2.38. The van der Waals surface area contributed by atoms with Gasteiger partial charge in [0.2, 0.25) is 0 Å². The van der Waals surface area contributed by atoms with Crippen molar-refractivity contribution in [2.45, 2.75) is 13.0 Å². The zero-order valence-corrected chi connectivity index (χ0v) is 11.0. The van der Waals surface area contributed by atoms with E-state index in [1.165, 1.54) is 5.56 Å². The minimum atomic E-state index is -0.222. The summed E-state index contributed by atoms with van der Waals surface area (Å²) < 4.78 is 5.65. The van der Waals surface area contributed by atoms with Crippen LogP contribution < -0.4 is 10.5 Å². The summed E-state index contributed by atoms with van der Waals surface area (Å²) in [6.07, 6.45) is 0. The highest BCUT2D eigenvalue weighted by Crippen LogP contribution is 2.22. The molecule has 2 aromatic carbocycles. The van der Waals surface area contributed by atoms with Gasteiger partial charge in [-0.1, -0.05) is 47.5 Å². The van der Waals surface area contributed by atoms with E-state index >= 15 is 0 Å². The SMILES string of the molecule is Cc1ccc(OCC(N)c2ccccc2Cl)cc1. The van der Waals surface area contributed by atoms with E-state index in [4.69, 9.17) is 22.1 Å². The lowest BCUT2D eigenvalue weighted by molar-refractivity contribution is 0.290. The lowest BCUT2D eigenvalue weighted by Crippen LogP contribution is -2.19. The van der Waals surface area contributed by atoms with Crippen LogP contribution in [-0.2, 0) is 0 Å². The van der Waals surface area contributed by atoms with Crippen molar-refractivity contribution in [2.24, 2.45) is 5.73 Å². The summed E-state index contributed by atoms with van der Waals surface area (Å²) in [4.78, 5) is 0. The number of ether oxygens (including phenoxy) is 1. The molecule has 0 amide bonds.